The van der Waals surface area contributed by atoms with E-state index in [9.17, 15) is 24.8 Å². The topological polar surface area (TPSA) is 141 Å². The second kappa shape index (κ2) is 8.47. The third-order valence-corrected chi connectivity index (χ3v) is 8.54. The van der Waals surface area contributed by atoms with E-state index in [0.717, 1.165) is 5.82 Å². The summed E-state index contributed by atoms with van der Waals surface area (Å²) in [6, 6.07) is 5.73. The summed E-state index contributed by atoms with van der Waals surface area (Å²) in [5, 5.41) is 28.6. The van der Waals surface area contributed by atoms with E-state index in [0.29, 0.717) is 22.8 Å². The quantitative estimate of drug-likeness (QED) is 0.264. The highest BCUT2D eigenvalue weighted by Gasteiger charge is 2.58. The monoisotopic (exact) mass is 489 g/mol. The van der Waals surface area contributed by atoms with Crippen LogP contribution < -0.4 is 0 Å². The molecule has 1 amide bonds. The molecule has 0 saturated carbocycles. The number of nitro benzene ring substituents is 1. The summed E-state index contributed by atoms with van der Waals surface area (Å²) in [5.74, 6) is -0.641. The fourth-order valence-corrected chi connectivity index (χ4v) is 7.37. The van der Waals surface area contributed by atoms with Gasteiger partial charge in [0, 0.05) is 30.3 Å². The van der Waals surface area contributed by atoms with E-state index < -0.39 is 22.9 Å². The lowest BCUT2D eigenvalue weighted by molar-refractivity contribution is -0.384. The van der Waals surface area contributed by atoms with Gasteiger partial charge in [0.05, 0.1) is 21.2 Å². The van der Waals surface area contributed by atoms with Gasteiger partial charge in [0.15, 0.2) is 5.70 Å². The Balaban J connectivity index is 1.33. The maximum atomic E-state index is 13.1. The van der Waals surface area contributed by atoms with Crippen LogP contribution in [0.1, 0.15) is 18.3 Å². The van der Waals surface area contributed by atoms with E-state index in [1.54, 1.807) is 13.3 Å². The molecule has 3 aliphatic rings. The van der Waals surface area contributed by atoms with Crippen LogP contribution in [0.25, 0.3) is 0 Å². The van der Waals surface area contributed by atoms with Crippen LogP contribution in [0.5, 0.6) is 0 Å². The maximum Gasteiger partial charge on any atom is 0.357 e. The first kappa shape index (κ1) is 21.9. The van der Waals surface area contributed by atoms with Crippen molar-refractivity contribution in [3.63, 3.8) is 0 Å². The van der Waals surface area contributed by atoms with Crippen molar-refractivity contribution in [3.8, 4) is 0 Å². The highest BCUT2D eigenvalue weighted by Crippen LogP contribution is 2.55. The molecule has 4 heterocycles. The number of β-lactam (4-membered cyclic amide) rings is 1. The number of carbonyl (C=O) groups excluding carboxylic acids is 2. The van der Waals surface area contributed by atoms with Gasteiger partial charge in [-0.15, -0.1) is 22.0 Å². The second-order valence-electron chi connectivity index (χ2n) is 7.96. The molecule has 1 N–H and O–H groups in total. The van der Waals surface area contributed by atoms with Gasteiger partial charge in [-0.1, -0.05) is 11.8 Å². The molecule has 11 nitrogen and oxygen atoms in total. The molecule has 1 saturated heterocycles. The molecule has 0 bridgehead atoms. The number of esters is 1. The van der Waals surface area contributed by atoms with Crippen LogP contribution in [0, 0.1) is 16.0 Å². The van der Waals surface area contributed by atoms with Crippen LogP contribution in [-0.4, -0.2) is 58.3 Å². The normalized spacial score (nSPS) is 24.4. The molecule has 13 heteroatoms. The van der Waals surface area contributed by atoms with E-state index in [1.165, 1.54) is 52.7 Å². The number of nitrogens with zero attached hydrogens (tertiary/aromatic N) is 5. The second-order valence-corrected chi connectivity index (χ2v) is 10.7. The number of hydrogen-bond donors (Lipinski definition) is 1. The van der Waals surface area contributed by atoms with Gasteiger partial charge in [-0.25, -0.2) is 4.79 Å². The molecule has 0 spiro atoms. The summed E-state index contributed by atoms with van der Waals surface area (Å²) < 4.78 is 8.12. The smallest absolute Gasteiger partial charge is 0.357 e. The number of fused-ring (bicyclic) bond motifs is 2. The first-order valence-corrected chi connectivity index (χ1v) is 11.9. The van der Waals surface area contributed by atoms with Crippen molar-refractivity contribution in [2.75, 3.05) is 0 Å². The molecule has 0 radical (unpaired) electrons. The van der Waals surface area contributed by atoms with Crippen molar-refractivity contribution in [3.05, 3.63) is 62.0 Å². The molecule has 1 fully saturated rings. The minimum atomic E-state index is -0.824. The average molecular weight is 490 g/mol. The van der Waals surface area contributed by atoms with E-state index in [-0.39, 0.29) is 34.5 Å². The number of thioether (sulfide) groups is 2. The first-order valence-electron chi connectivity index (χ1n) is 10.2. The number of ether oxygens (including phenoxy) is 1. The third kappa shape index (κ3) is 3.89. The number of carbonyl (C=O) groups is 2. The Morgan fingerprint density at radius 2 is 2.18 bits per heavy atom. The molecule has 4 atom stereocenters. The molecule has 5 rings (SSSR count). The summed E-state index contributed by atoms with van der Waals surface area (Å²) in [7, 11) is 0. The Hall–Kier alpha value is -2.90. The Kier molecular flexibility index (Phi) is 5.62. The van der Waals surface area contributed by atoms with E-state index in [4.69, 9.17) is 4.74 Å². The lowest BCUT2D eigenvalue weighted by atomic mass is 9.92. The molecule has 172 valence electrons. The molecular weight excluding hydrogens is 470 g/mol. The SMILES string of the molecule is CC(O)[C@H]1C(=O)N2C(C(=O)OCc3ccc([N+](=O)[O-])cc3)=C(SC3Cc4nncn4C3)S[C@H]12. The van der Waals surface area contributed by atoms with Crippen molar-refractivity contribution < 1.29 is 24.4 Å². The van der Waals surface area contributed by atoms with Crippen LogP contribution in [0.4, 0.5) is 5.69 Å². The molecule has 3 aliphatic heterocycles. The third-order valence-electron chi connectivity index (χ3n) is 5.76. The Morgan fingerprint density at radius 1 is 1.42 bits per heavy atom. The number of rotatable bonds is 7. The van der Waals surface area contributed by atoms with Crippen molar-refractivity contribution in [2.24, 2.45) is 5.92 Å². The Labute approximate surface area is 196 Å². The molecule has 0 aliphatic carbocycles. The summed E-state index contributed by atoms with van der Waals surface area (Å²) in [6.45, 7) is 2.18. The van der Waals surface area contributed by atoms with E-state index in [1.807, 2.05) is 4.57 Å². The van der Waals surface area contributed by atoms with Gasteiger partial charge in [-0.05, 0) is 24.6 Å². The highest BCUT2D eigenvalue weighted by atomic mass is 32.2. The van der Waals surface area contributed by atoms with Gasteiger partial charge in [-0.2, -0.15) is 0 Å². The van der Waals surface area contributed by atoms with Gasteiger partial charge >= 0.3 is 5.97 Å². The van der Waals surface area contributed by atoms with Gasteiger partial charge in [0.2, 0.25) is 5.91 Å². The van der Waals surface area contributed by atoms with Crippen molar-refractivity contribution in [1.29, 1.82) is 0 Å². The number of hydrogen-bond acceptors (Lipinski definition) is 10. The van der Waals surface area contributed by atoms with Crippen LogP contribution in [0.2, 0.25) is 0 Å². The zero-order valence-corrected chi connectivity index (χ0v) is 19.0. The lowest BCUT2D eigenvalue weighted by Crippen LogP contribution is -2.60. The summed E-state index contributed by atoms with van der Waals surface area (Å²) in [6.07, 6.45) is 1.54. The molecule has 2 unspecified atom stereocenters. The lowest BCUT2D eigenvalue weighted by Gasteiger charge is -2.43. The van der Waals surface area contributed by atoms with Gasteiger partial charge < -0.3 is 14.4 Å². The molecular formula is C20H19N5O6S2. The number of benzene rings is 1. The minimum Gasteiger partial charge on any atom is -0.456 e. The predicted octanol–water partition coefficient (Wildman–Crippen LogP) is 1.67. The van der Waals surface area contributed by atoms with Gasteiger partial charge in [0.25, 0.3) is 5.69 Å². The molecule has 1 aromatic heterocycles. The largest absolute Gasteiger partial charge is 0.456 e. The number of aliphatic hydroxyl groups excluding tert-OH is 1. The zero-order chi connectivity index (χ0) is 23.3. The summed E-state index contributed by atoms with van der Waals surface area (Å²) in [4.78, 5) is 37.5. The predicted molar refractivity (Wildman–Crippen MR) is 118 cm³/mol. The summed E-state index contributed by atoms with van der Waals surface area (Å²) in [5.41, 5.74) is 0.738. The number of aliphatic hydroxyl groups is 1. The Morgan fingerprint density at radius 3 is 2.85 bits per heavy atom. The van der Waals surface area contributed by atoms with Crippen LogP contribution in [-0.2, 0) is 33.9 Å². The fourth-order valence-electron chi connectivity index (χ4n) is 4.06. The highest BCUT2D eigenvalue weighted by molar-refractivity contribution is 8.23. The Bertz CT molecular complexity index is 1140. The van der Waals surface area contributed by atoms with Crippen LogP contribution in [0.15, 0.2) is 40.5 Å². The number of aromatic nitrogens is 3. The maximum absolute atomic E-state index is 13.1. The van der Waals surface area contributed by atoms with Gasteiger partial charge in [-0.3, -0.25) is 19.8 Å². The van der Waals surface area contributed by atoms with Crippen molar-refractivity contribution in [1.82, 2.24) is 19.7 Å². The van der Waals surface area contributed by atoms with E-state index in [2.05, 4.69) is 10.2 Å². The molecule has 2 aromatic rings. The van der Waals surface area contributed by atoms with E-state index >= 15 is 0 Å². The van der Waals surface area contributed by atoms with Gasteiger partial charge in [0.1, 0.15) is 24.1 Å². The average Bonchev–Trinajstić information content (AvgIpc) is 3.44. The van der Waals surface area contributed by atoms with Crippen molar-refractivity contribution in [2.45, 2.75) is 43.2 Å². The number of amides is 1. The molecule has 1 aromatic carbocycles. The standard InChI is InChI=1S/C20H19N5O6S2/c1-10(26)15-17(27)24-16(19(28)31-8-11-2-4-12(5-3-11)25(29)30)20(33-18(15)24)32-13-6-14-22-21-9-23(14)7-13/h2-5,9-10,13,15,18,26H,6-8H2,1H3/t10?,13?,15-,18+/m0/s1. The van der Waals surface area contributed by atoms with Crippen LogP contribution >= 0.6 is 23.5 Å². The molecule has 33 heavy (non-hydrogen) atoms. The zero-order valence-electron chi connectivity index (χ0n) is 17.4. The first-order chi connectivity index (χ1) is 15.8. The number of nitro groups is 1. The fraction of sp³-hybridized carbons (Fsp3) is 0.400. The minimum absolute atomic E-state index is 0.0523. The van der Waals surface area contributed by atoms with Crippen molar-refractivity contribution >= 4 is 41.1 Å². The summed E-state index contributed by atoms with van der Waals surface area (Å²) >= 11 is 2.90. The number of non-ortho nitro benzene ring substituents is 1. The van der Waals surface area contributed by atoms with Crippen LogP contribution in [0.3, 0.4) is 0 Å².